The predicted molar refractivity (Wildman–Crippen MR) is 198 cm³/mol. The van der Waals surface area contributed by atoms with Crippen LogP contribution in [0.15, 0.2) is 121 Å². The molecule has 5 aromatic carbocycles. The second-order valence-electron chi connectivity index (χ2n) is 14.6. The Morgan fingerprint density at radius 1 is 0.560 bits per heavy atom. The van der Waals surface area contributed by atoms with Gasteiger partial charge < -0.3 is 0 Å². The molecule has 6 aromatic rings. The predicted octanol–water partition coefficient (Wildman–Crippen LogP) is 11.1. The van der Waals surface area contributed by atoms with E-state index in [1.807, 2.05) is 60.7 Å². The lowest BCUT2D eigenvalue weighted by Crippen LogP contribution is -2.48. The van der Waals surface area contributed by atoms with Crippen molar-refractivity contribution in [2.45, 2.75) is 43.9 Å². The van der Waals surface area contributed by atoms with E-state index in [1.165, 1.54) is 49.7 Å². The van der Waals surface area contributed by atoms with Gasteiger partial charge in [0.2, 0.25) is 0 Å². The first-order valence-electron chi connectivity index (χ1n) is 17.6. The number of benzene rings is 5. The molecule has 10 rings (SSSR count). The molecule has 0 unspecified atom stereocenters. The van der Waals surface area contributed by atoms with Crippen molar-refractivity contribution in [1.82, 2.24) is 15.0 Å². The molecule has 0 spiro atoms. The van der Waals surface area contributed by atoms with E-state index in [0.29, 0.717) is 34.1 Å². The van der Waals surface area contributed by atoms with Crippen molar-refractivity contribution < 1.29 is 0 Å². The molecule has 0 atom stereocenters. The maximum atomic E-state index is 9.63. The maximum Gasteiger partial charge on any atom is 0.187 e. The largest absolute Gasteiger partial charge is 0.238 e. The van der Waals surface area contributed by atoms with Crippen molar-refractivity contribution in [3.63, 3.8) is 0 Å². The Labute approximate surface area is 293 Å². The van der Waals surface area contributed by atoms with Crippen LogP contribution in [0, 0.1) is 35.7 Å². The summed E-state index contributed by atoms with van der Waals surface area (Å²) in [6.45, 7) is 7.38. The maximum absolute atomic E-state index is 9.63. The summed E-state index contributed by atoms with van der Waals surface area (Å²) in [5.41, 5.74) is 9.87. The minimum absolute atomic E-state index is 0.386. The smallest absolute Gasteiger partial charge is 0.187 e. The summed E-state index contributed by atoms with van der Waals surface area (Å²) in [6, 6.07) is 43.2. The molecular weight excluding hydrogens is 611 g/mol. The molecule has 0 amide bonds. The van der Waals surface area contributed by atoms with Crippen molar-refractivity contribution in [3.05, 3.63) is 144 Å². The summed E-state index contributed by atoms with van der Waals surface area (Å²) in [5, 5.41) is 9.63. The highest BCUT2D eigenvalue weighted by molar-refractivity contribution is 5.75. The van der Waals surface area contributed by atoms with Gasteiger partial charge >= 0.3 is 0 Å². The molecule has 5 heteroatoms. The van der Waals surface area contributed by atoms with Gasteiger partial charge in [0.25, 0.3) is 0 Å². The van der Waals surface area contributed by atoms with Gasteiger partial charge in [-0.25, -0.2) is 19.8 Å². The molecule has 5 nitrogen and oxygen atoms in total. The normalized spacial score (nSPS) is 21.8. The van der Waals surface area contributed by atoms with Crippen LogP contribution in [0.2, 0.25) is 0 Å². The first kappa shape index (κ1) is 30.2. The molecule has 50 heavy (non-hydrogen) atoms. The zero-order valence-corrected chi connectivity index (χ0v) is 27.8. The van der Waals surface area contributed by atoms with Crippen LogP contribution < -0.4 is 0 Å². The summed E-state index contributed by atoms with van der Waals surface area (Å²) in [4.78, 5) is 18.4. The van der Waals surface area contributed by atoms with Gasteiger partial charge in [-0.05, 0) is 102 Å². The topological polar surface area (TPSA) is 66.8 Å². The molecule has 0 aliphatic heterocycles. The quantitative estimate of drug-likeness (QED) is 0.169. The average Bonchev–Trinajstić information content (AvgIpc) is 3.17. The molecule has 0 radical (unpaired) electrons. The molecular formula is C45H35N5. The van der Waals surface area contributed by atoms with E-state index < -0.39 is 0 Å². The molecule has 240 valence electrons. The van der Waals surface area contributed by atoms with Crippen LogP contribution in [0.4, 0.5) is 5.69 Å². The zero-order valence-electron chi connectivity index (χ0n) is 27.8. The highest BCUT2D eigenvalue weighted by Crippen LogP contribution is 2.60. The highest BCUT2D eigenvalue weighted by Gasteiger charge is 2.51. The van der Waals surface area contributed by atoms with Crippen LogP contribution in [-0.2, 0) is 5.41 Å². The zero-order chi connectivity index (χ0) is 33.7. The van der Waals surface area contributed by atoms with Gasteiger partial charge in [0.15, 0.2) is 23.2 Å². The van der Waals surface area contributed by atoms with Crippen LogP contribution in [0.25, 0.3) is 61.3 Å². The summed E-state index contributed by atoms with van der Waals surface area (Å²) < 4.78 is 0. The number of hydrogen-bond donors (Lipinski definition) is 0. The van der Waals surface area contributed by atoms with E-state index in [0.717, 1.165) is 51.1 Å². The third-order valence-electron chi connectivity index (χ3n) is 11.4. The van der Waals surface area contributed by atoms with Crippen LogP contribution in [0.3, 0.4) is 0 Å². The SMILES string of the molecule is [C-]#[N+]c1ccc(-c2nc(-c3ccc(-c4ccccc4C#N)cc3)nc(-c3cccc(-c4ccc(C56CC7CC(CC(C7)C5)C6)cc4)c3)n2)cc1. The van der Waals surface area contributed by atoms with Crippen LogP contribution in [0.1, 0.15) is 49.7 Å². The van der Waals surface area contributed by atoms with Crippen molar-refractivity contribution in [2.75, 3.05) is 0 Å². The van der Waals surface area contributed by atoms with E-state index in [1.54, 1.807) is 12.1 Å². The first-order chi connectivity index (χ1) is 24.6. The molecule has 4 fully saturated rings. The molecule has 0 N–H and O–H groups in total. The average molecular weight is 646 g/mol. The van der Waals surface area contributed by atoms with E-state index in [4.69, 9.17) is 21.5 Å². The lowest BCUT2D eigenvalue weighted by Gasteiger charge is -2.57. The lowest BCUT2D eigenvalue weighted by atomic mass is 9.48. The Hall–Kier alpha value is -5.91. The lowest BCUT2D eigenvalue weighted by molar-refractivity contribution is -0.00518. The fourth-order valence-electron chi connectivity index (χ4n) is 9.40. The van der Waals surface area contributed by atoms with E-state index >= 15 is 0 Å². The van der Waals surface area contributed by atoms with Gasteiger partial charge in [-0.1, -0.05) is 109 Å². The van der Waals surface area contributed by atoms with Crippen molar-refractivity contribution >= 4 is 5.69 Å². The second kappa shape index (κ2) is 12.2. The van der Waals surface area contributed by atoms with Crippen LogP contribution >= 0.6 is 0 Å². The summed E-state index contributed by atoms with van der Waals surface area (Å²) >= 11 is 0. The van der Waals surface area contributed by atoms with Crippen molar-refractivity contribution in [3.8, 4) is 62.5 Å². The minimum atomic E-state index is 0.386. The minimum Gasteiger partial charge on any atom is -0.238 e. The Kier molecular flexibility index (Phi) is 7.36. The van der Waals surface area contributed by atoms with Gasteiger partial charge in [-0.2, -0.15) is 5.26 Å². The number of hydrogen-bond acceptors (Lipinski definition) is 4. The highest BCUT2D eigenvalue weighted by atomic mass is 15.0. The second-order valence-corrected chi connectivity index (χ2v) is 14.6. The monoisotopic (exact) mass is 645 g/mol. The standard InChI is InChI=1S/C45H35N5/c1-47-40-19-15-35(16-20-40)43-48-42(34-11-9-33(10-12-34)41-8-3-2-5-38(41)28-46)49-44(50-43)37-7-4-6-36(24-37)32-13-17-39(18-14-32)45-25-29-21-30(26-45)23-31(22-29)27-45/h2-20,24,29-31H,21-23,25-27H2. The van der Waals surface area contributed by atoms with Crippen molar-refractivity contribution in [2.24, 2.45) is 17.8 Å². The molecule has 4 saturated carbocycles. The van der Waals surface area contributed by atoms with Gasteiger partial charge in [-0.3, -0.25) is 0 Å². The molecule has 1 aromatic heterocycles. The first-order valence-corrected chi connectivity index (χ1v) is 17.6. The Morgan fingerprint density at radius 2 is 1.08 bits per heavy atom. The Bertz CT molecular complexity index is 2270. The number of rotatable bonds is 6. The van der Waals surface area contributed by atoms with E-state index in [9.17, 15) is 5.26 Å². The van der Waals surface area contributed by atoms with Crippen LogP contribution in [-0.4, -0.2) is 15.0 Å². The Balaban J connectivity index is 1.07. The summed E-state index contributed by atoms with van der Waals surface area (Å²) in [6.07, 6.45) is 8.48. The third kappa shape index (κ3) is 5.46. The van der Waals surface area contributed by atoms with Gasteiger partial charge in [0, 0.05) is 16.7 Å². The fraction of sp³-hybridized carbons (Fsp3) is 0.222. The number of nitrogens with zero attached hydrogens (tertiary/aromatic N) is 5. The summed E-state index contributed by atoms with van der Waals surface area (Å²) in [7, 11) is 0. The van der Waals surface area contributed by atoms with E-state index in [2.05, 4.69) is 59.4 Å². The molecule has 1 heterocycles. The van der Waals surface area contributed by atoms with Gasteiger partial charge in [0.05, 0.1) is 18.2 Å². The number of nitriles is 1. The number of aromatic nitrogens is 3. The van der Waals surface area contributed by atoms with E-state index in [-0.39, 0.29) is 0 Å². The van der Waals surface area contributed by atoms with Gasteiger partial charge in [0.1, 0.15) is 0 Å². The summed E-state index contributed by atoms with van der Waals surface area (Å²) in [5.74, 6) is 4.48. The molecule has 0 saturated heterocycles. The van der Waals surface area contributed by atoms with Gasteiger partial charge in [-0.15, -0.1) is 0 Å². The molecule has 4 aliphatic rings. The molecule has 4 aliphatic carbocycles. The third-order valence-corrected chi connectivity index (χ3v) is 11.4. The molecule has 4 bridgehead atoms. The fourth-order valence-corrected chi connectivity index (χ4v) is 9.40. The van der Waals surface area contributed by atoms with Crippen LogP contribution in [0.5, 0.6) is 0 Å². The Morgan fingerprint density at radius 3 is 1.68 bits per heavy atom. The van der Waals surface area contributed by atoms with Crippen molar-refractivity contribution in [1.29, 1.82) is 5.26 Å².